The first-order valence-corrected chi connectivity index (χ1v) is 8.11. The molecule has 0 radical (unpaired) electrons. The maximum absolute atomic E-state index is 11.7. The molecule has 7 nitrogen and oxygen atoms in total. The van der Waals surface area contributed by atoms with Gasteiger partial charge in [-0.1, -0.05) is 0 Å². The van der Waals surface area contributed by atoms with Crippen molar-refractivity contribution in [3.63, 3.8) is 0 Å². The molecule has 2 unspecified atom stereocenters. The summed E-state index contributed by atoms with van der Waals surface area (Å²) in [6, 6.07) is 9.69. The number of nitriles is 1. The Bertz CT molecular complexity index is 898. The van der Waals surface area contributed by atoms with E-state index in [9.17, 15) is 9.90 Å². The van der Waals surface area contributed by atoms with E-state index in [-0.39, 0.29) is 5.56 Å². The quantitative estimate of drug-likeness (QED) is 0.884. The fourth-order valence-corrected chi connectivity index (χ4v) is 2.94. The third-order valence-corrected chi connectivity index (χ3v) is 4.34. The van der Waals surface area contributed by atoms with Gasteiger partial charge >= 0.3 is 0 Å². The first kappa shape index (κ1) is 17.0. The Hall–Kier alpha value is -2.85. The van der Waals surface area contributed by atoms with Gasteiger partial charge in [0.25, 0.3) is 5.56 Å². The van der Waals surface area contributed by atoms with Crippen molar-refractivity contribution in [2.45, 2.75) is 45.1 Å². The van der Waals surface area contributed by atoms with Gasteiger partial charge in [0.2, 0.25) is 0 Å². The Morgan fingerprint density at radius 1 is 1.40 bits per heavy atom. The van der Waals surface area contributed by atoms with Crippen LogP contribution < -0.4 is 15.6 Å². The summed E-state index contributed by atoms with van der Waals surface area (Å²) in [5, 5.41) is 27.4. The minimum absolute atomic E-state index is 0.187. The molecule has 0 amide bonds. The summed E-state index contributed by atoms with van der Waals surface area (Å²) in [6.07, 6.45) is -0.877. The molecule has 2 atom stereocenters. The largest absolute Gasteiger partial charge is 0.485 e. The van der Waals surface area contributed by atoms with Crippen molar-refractivity contribution in [3.05, 3.63) is 51.8 Å². The number of fused-ring (bicyclic) bond motifs is 1. The first-order chi connectivity index (χ1) is 11.9. The highest BCUT2D eigenvalue weighted by atomic mass is 16.5. The van der Waals surface area contributed by atoms with Gasteiger partial charge in [-0.3, -0.25) is 4.79 Å². The van der Waals surface area contributed by atoms with Crippen LogP contribution in [0, 0.1) is 11.3 Å². The zero-order chi connectivity index (χ0) is 18.2. The third-order valence-electron chi connectivity index (χ3n) is 4.34. The molecule has 1 aromatic carbocycles. The lowest BCUT2D eigenvalue weighted by Gasteiger charge is -2.42. The van der Waals surface area contributed by atoms with Crippen LogP contribution in [0.3, 0.4) is 0 Å². The van der Waals surface area contributed by atoms with E-state index in [2.05, 4.69) is 16.5 Å². The highest BCUT2D eigenvalue weighted by molar-refractivity contribution is 5.50. The van der Waals surface area contributed by atoms with Gasteiger partial charge < -0.3 is 15.2 Å². The number of aromatic nitrogens is 2. The van der Waals surface area contributed by atoms with Crippen molar-refractivity contribution in [3.8, 4) is 11.8 Å². The summed E-state index contributed by atoms with van der Waals surface area (Å²) in [5.74, 6) is 1.08. The molecule has 0 bridgehead atoms. The number of anilines is 1. The second-order valence-electron chi connectivity index (χ2n) is 6.51. The molecule has 0 saturated heterocycles. The fourth-order valence-electron chi connectivity index (χ4n) is 2.94. The minimum atomic E-state index is -0.877. The predicted molar refractivity (Wildman–Crippen MR) is 92.4 cm³/mol. The van der Waals surface area contributed by atoms with Crippen LogP contribution in [0.1, 0.15) is 37.9 Å². The number of aryl methyl sites for hydroxylation is 1. The lowest BCUT2D eigenvalue weighted by Crippen LogP contribution is -2.50. The number of benzene rings is 1. The smallest absolute Gasteiger partial charge is 0.266 e. The van der Waals surface area contributed by atoms with Gasteiger partial charge in [0.15, 0.2) is 0 Å². The molecular weight excluding hydrogens is 320 g/mol. The van der Waals surface area contributed by atoms with Crippen LogP contribution in [-0.4, -0.2) is 26.6 Å². The number of hydrogen-bond acceptors (Lipinski definition) is 6. The summed E-state index contributed by atoms with van der Waals surface area (Å²) in [7, 11) is 0. The first-order valence-electron chi connectivity index (χ1n) is 8.11. The predicted octanol–water partition coefficient (Wildman–Crippen LogP) is 1.82. The van der Waals surface area contributed by atoms with Crippen LogP contribution in [0.25, 0.3) is 0 Å². The third kappa shape index (κ3) is 3.08. The van der Waals surface area contributed by atoms with Gasteiger partial charge in [0, 0.05) is 18.2 Å². The van der Waals surface area contributed by atoms with E-state index in [0.717, 1.165) is 0 Å². The number of rotatable bonds is 3. The second-order valence-corrected chi connectivity index (χ2v) is 6.51. The van der Waals surface area contributed by atoms with Crippen LogP contribution >= 0.6 is 0 Å². The van der Waals surface area contributed by atoms with Crippen LogP contribution in [0.2, 0.25) is 0 Å². The zero-order valence-corrected chi connectivity index (χ0v) is 14.4. The molecule has 0 aliphatic carbocycles. The molecule has 2 aromatic rings. The van der Waals surface area contributed by atoms with Gasteiger partial charge in [-0.2, -0.15) is 10.4 Å². The number of aliphatic hydroxyl groups excluding tert-OH is 1. The number of ether oxygens (including phenoxy) is 1. The summed E-state index contributed by atoms with van der Waals surface area (Å²) >= 11 is 0. The highest BCUT2D eigenvalue weighted by Crippen LogP contribution is 2.41. The summed E-state index contributed by atoms with van der Waals surface area (Å²) in [5.41, 5.74) is 0.153. The van der Waals surface area contributed by atoms with Crippen molar-refractivity contribution in [1.82, 2.24) is 9.78 Å². The van der Waals surface area contributed by atoms with Crippen molar-refractivity contribution >= 4 is 5.82 Å². The lowest BCUT2D eigenvalue weighted by atomic mass is 9.86. The molecule has 1 aromatic heterocycles. The summed E-state index contributed by atoms with van der Waals surface area (Å²) in [6.45, 7) is 5.88. The number of nitrogens with one attached hydrogen (secondary N) is 1. The maximum atomic E-state index is 11.7. The monoisotopic (exact) mass is 340 g/mol. The van der Waals surface area contributed by atoms with Crippen LogP contribution in [0.15, 0.2) is 35.1 Å². The lowest BCUT2D eigenvalue weighted by molar-refractivity contribution is -0.0533. The number of hydrogen-bond donors (Lipinski definition) is 2. The van der Waals surface area contributed by atoms with Crippen molar-refractivity contribution < 1.29 is 9.84 Å². The van der Waals surface area contributed by atoms with E-state index < -0.39 is 17.7 Å². The van der Waals surface area contributed by atoms with E-state index >= 15 is 0 Å². The number of aliphatic hydroxyl groups is 1. The Morgan fingerprint density at radius 2 is 2.16 bits per heavy atom. The standard InChI is InChI=1S/C18H20N4O3/c1-4-22-15(23)8-7-14(21-22)20-16-12-9-11(10-19)5-6-13(12)25-18(2,3)17(16)24/h5-9,16-17,24H,4H2,1-3H3,(H,20,21). The molecule has 1 aliphatic heterocycles. The van der Waals surface area contributed by atoms with Crippen molar-refractivity contribution in [1.29, 1.82) is 5.26 Å². The molecule has 2 heterocycles. The minimum Gasteiger partial charge on any atom is -0.485 e. The molecule has 25 heavy (non-hydrogen) atoms. The van der Waals surface area contributed by atoms with Crippen molar-refractivity contribution in [2.24, 2.45) is 0 Å². The maximum Gasteiger partial charge on any atom is 0.266 e. The second kappa shape index (κ2) is 6.22. The van der Waals surface area contributed by atoms with Crippen LogP contribution in [0.5, 0.6) is 5.75 Å². The molecule has 2 N–H and O–H groups in total. The molecule has 7 heteroatoms. The average molecular weight is 340 g/mol. The van der Waals surface area contributed by atoms with Gasteiger partial charge in [-0.05, 0) is 45.0 Å². The Kier molecular flexibility index (Phi) is 4.23. The van der Waals surface area contributed by atoms with Gasteiger partial charge in [0.05, 0.1) is 17.7 Å². The highest BCUT2D eigenvalue weighted by Gasteiger charge is 2.43. The van der Waals surface area contributed by atoms with Gasteiger partial charge in [0.1, 0.15) is 23.3 Å². The zero-order valence-electron chi connectivity index (χ0n) is 14.4. The molecule has 0 fully saturated rings. The van der Waals surface area contributed by atoms with Gasteiger partial charge in [-0.25, -0.2) is 4.68 Å². The molecule has 130 valence electrons. The average Bonchev–Trinajstić information content (AvgIpc) is 2.59. The molecule has 0 saturated carbocycles. The molecule has 3 rings (SSSR count). The van der Waals surface area contributed by atoms with E-state index in [1.54, 1.807) is 38.1 Å². The Labute approximate surface area is 145 Å². The van der Waals surface area contributed by atoms with E-state index in [1.807, 2.05) is 6.92 Å². The SMILES string of the molecule is CCn1nc(NC2c3cc(C#N)ccc3OC(C)(C)C2O)ccc1=O. The van der Waals surface area contributed by atoms with Crippen LogP contribution in [0.4, 0.5) is 5.82 Å². The van der Waals surface area contributed by atoms with E-state index in [1.165, 1.54) is 10.7 Å². The van der Waals surface area contributed by atoms with Gasteiger partial charge in [-0.15, -0.1) is 0 Å². The fraction of sp³-hybridized carbons (Fsp3) is 0.389. The van der Waals surface area contributed by atoms with E-state index in [0.29, 0.717) is 29.2 Å². The normalized spacial score (nSPS) is 20.9. The van der Waals surface area contributed by atoms with Crippen molar-refractivity contribution in [2.75, 3.05) is 5.32 Å². The summed E-state index contributed by atoms with van der Waals surface area (Å²) in [4.78, 5) is 11.7. The molecular formula is C18H20N4O3. The Balaban J connectivity index is 2.05. The topological polar surface area (TPSA) is 100 Å². The van der Waals surface area contributed by atoms with Crippen LogP contribution in [-0.2, 0) is 6.54 Å². The molecule has 1 aliphatic rings. The van der Waals surface area contributed by atoms with E-state index in [4.69, 9.17) is 10.00 Å². The summed E-state index contributed by atoms with van der Waals surface area (Å²) < 4.78 is 7.23. The number of nitrogens with zero attached hydrogens (tertiary/aromatic N) is 3. The molecule has 0 spiro atoms. The Morgan fingerprint density at radius 3 is 2.84 bits per heavy atom.